The van der Waals surface area contributed by atoms with Gasteiger partial charge in [0.25, 0.3) is 5.78 Å². The highest BCUT2D eigenvalue weighted by atomic mass is 32.2. The van der Waals surface area contributed by atoms with Crippen molar-refractivity contribution < 1.29 is 4.79 Å². The summed E-state index contributed by atoms with van der Waals surface area (Å²) in [7, 11) is 0. The third-order valence-corrected chi connectivity index (χ3v) is 5.92. The summed E-state index contributed by atoms with van der Waals surface area (Å²) in [6.07, 6.45) is 1.52. The van der Waals surface area contributed by atoms with Gasteiger partial charge < -0.3 is 9.80 Å². The van der Waals surface area contributed by atoms with Gasteiger partial charge in [-0.05, 0) is 19.4 Å². The van der Waals surface area contributed by atoms with Crippen molar-refractivity contribution in [3.8, 4) is 0 Å². The van der Waals surface area contributed by atoms with E-state index in [1.807, 2.05) is 17.9 Å². The topological polar surface area (TPSA) is 66.6 Å². The molecule has 1 aliphatic rings. The van der Waals surface area contributed by atoms with Gasteiger partial charge in [-0.15, -0.1) is 11.8 Å². The highest BCUT2D eigenvalue weighted by Gasteiger charge is 2.23. The Morgan fingerprint density at radius 3 is 2.61 bits per heavy atom. The number of aryl methyl sites for hydroxylation is 2. The Labute approximate surface area is 168 Å². The second-order valence-corrected chi connectivity index (χ2v) is 8.06. The van der Waals surface area contributed by atoms with Crippen molar-refractivity contribution >= 4 is 29.3 Å². The van der Waals surface area contributed by atoms with Crippen LogP contribution in [0.15, 0.2) is 36.7 Å². The number of fused-ring (bicyclic) bond motifs is 1. The number of carbonyl (C=O) groups is 1. The van der Waals surface area contributed by atoms with Gasteiger partial charge in [0.15, 0.2) is 0 Å². The van der Waals surface area contributed by atoms with Crippen LogP contribution in [-0.2, 0) is 10.5 Å². The normalized spacial score (nSPS) is 14.6. The number of amides is 1. The standard InChI is InChI=1S/C20H24N6OS/c1-15-3-5-17(6-4-15)12-28-13-19(27)25-9-7-24(8-10-25)18-11-16(2)23-20-21-14-22-26(18)20/h3-6,11,14H,7-10,12-13H2,1-2H3. The van der Waals surface area contributed by atoms with Crippen molar-refractivity contribution in [1.29, 1.82) is 0 Å². The molecule has 1 aromatic carbocycles. The summed E-state index contributed by atoms with van der Waals surface area (Å²) < 4.78 is 1.77. The van der Waals surface area contributed by atoms with Crippen LogP contribution < -0.4 is 4.90 Å². The molecule has 4 rings (SSSR count). The summed E-state index contributed by atoms with van der Waals surface area (Å²) in [6, 6.07) is 10.5. The number of benzene rings is 1. The first-order chi connectivity index (χ1) is 13.6. The van der Waals surface area contributed by atoms with Crippen LogP contribution in [0, 0.1) is 13.8 Å². The Balaban J connectivity index is 1.30. The molecule has 3 heterocycles. The molecule has 28 heavy (non-hydrogen) atoms. The number of thioether (sulfide) groups is 1. The maximum Gasteiger partial charge on any atom is 0.254 e. The predicted octanol–water partition coefficient (Wildman–Crippen LogP) is 2.32. The first-order valence-corrected chi connectivity index (χ1v) is 10.6. The van der Waals surface area contributed by atoms with Crippen molar-refractivity contribution in [1.82, 2.24) is 24.5 Å². The quantitative estimate of drug-likeness (QED) is 0.659. The van der Waals surface area contributed by atoms with Crippen LogP contribution in [-0.4, -0.2) is 62.3 Å². The smallest absolute Gasteiger partial charge is 0.254 e. The summed E-state index contributed by atoms with van der Waals surface area (Å²) in [5, 5.41) is 4.28. The fraction of sp³-hybridized carbons (Fsp3) is 0.400. The van der Waals surface area contributed by atoms with E-state index in [4.69, 9.17) is 0 Å². The summed E-state index contributed by atoms with van der Waals surface area (Å²) in [6.45, 7) is 7.06. The maximum atomic E-state index is 12.6. The molecule has 3 aromatic rings. The number of piperazine rings is 1. The molecule has 0 aliphatic carbocycles. The maximum absolute atomic E-state index is 12.6. The van der Waals surface area contributed by atoms with Gasteiger partial charge in [-0.2, -0.15) is 14.6 Å². The minimum atomic E-state index is 0.216. The number of anilines is 1. The molecule has 8 heteroatoms. The molecule has 1 aliphatic heterocycles. The fourth-order valence-corrected chi connectivity index (χ4v) is 4.24. The van der Waals surface area contributed by atoms with Crippen LogP contribution in [0.1, 0.15) is 16.8 Å². The largest absolute Gasteiger partial charge is 0.353 e. The highest BCUT2D eigenvalue weighted by Crippen LogP contribution is 2.19. The van der Waals surface area contributed by atoms with Crippen molar-refractivity contribution in [2.24, 2.45) is 0 Å². The first-order valence-electron chi connectivity index (χ1n) is 9.43. The molecule has 1 fully saturated rings. The van der Waals surface area contributed by atoms with Gasteiger partial charge in [0.1, 0.15) is 12.1 Å². The Morgan fingerprint density at radius 2 is 1.86 bits per heavy atom. The molecule has 0 spiro atoms. The van der Waals surface area contributed by atoms with Crippen LogP contribution in [0.5, 0.6) is 0 Å². The number of carbonyl (C=O) groups excluding carboxylic acids is 1. The van der Waals surface area contributed by atoms with Gasteiger partial charge in [0.2, 0.25) is 5.91 Å². The molecule has 0 N–H and O–H groups in total. The minimum Gasteiger partial charge on any atom is -0.353 e. The van der Waals surface area contributed by atoms with E-state index in [1.54, 1.807) is 16.3 Å². The summed E-state index contributed by atoms with van der Waals surface area (Å²) >= 11 is 1.68. The SMILES string of the molecule is Cc1ccc(CSCC(=O)N2CCN(c3cc(C)nc4ncnn34)CC2)cc1. The predicted molar refractivity (Wildman–Crippen MR) is 112 cm³/mol. The lowest BCUT2D eigenvalue weighted by molar-refractivity contribution is -0.128. The fourth-order valence-electron chi connectivity index (χ4n) is 3.35. The number of hydrogen-bond donors (Lipinski definition) is 0. The van der Waals surface area contributed by atoms with Crippen molar-refractivity contribution in [2.75, 3.05) is 36.8 Å². The molecule has 0 bridgehead atoms. The third kappa shape index (κ3) is 4.11. The lowest BCUT2D eigenvalue weighted by Crippen LogP contribution is -2.49. The van der Waals surface area contributed by atoms with Gasteiger partial charge in [-0.25, -0.2) is 4.98 Å². The minimum absolute atomic E-state index is 0.216. The number of hydrogen-bond acceptors (Lipinski definition) is 6. The van der Waals surface area contributed by atoms with Gasteiger partial charge in [-0.1, -0.05) is 29.8 Å². The highest BCUT2D eigenvalue weighted by molar-refractivity contribution is 7.99. The second kappa shape index (κ2) is 8.18. The van der Waals surface area contributed by atoms with Gasteiger partial charge in [0, 0.05) is 43.7 Å². The summed E-state index contributed by atoms with van der Waals surface area (Å²) in [4.78, 5) is 25.4. The molecular formula is C20H24N6OS. The van der Waals surface area contributed by atoms with Crippen LogP contribution in [0.4, 0.5) is 5.82 Å². The van der Waals surface area contributed by atoms with E-state index < -0.39 is 0 Å². The molecule has 7 nitrogen and oxygen atoms in total. The van der Waals surface area contributed by atoms with Gasteiger partial charge in [0.05, 0.1) is 5.75 Å². The zero-order chi connectivity index (χ0) is 19.5. The van der Waals surface area contributed by atoms with E-state index in [-0.39, 0.29) is 5.91 Å². The molecule has 0 unspecified atom stereocenters. The zero-order valence-electron chi connectivity index (χ0n) is 16.2. The van der Waals surface area contributed by atoms with Crippen molar-refractivity contribution in [2.45, 2.75) is 19.6 Å². The molecule has 146 valence electrons. The number of rotatable bonds is 5. The van der Waals surface area contributed by atoms with E-state index in [0.29, 0.717) is 11.5 Å². The number of nitrogens with zero attached hydrogens (tertiary/aromatic N) is 6. The van der Waals surface area contributed by atoms with Gasteiger partial charge in [-0.3, -0.25) is 4.79 Å². The van der Waals surface area contributed by atoms with E-state index in [2.05, 4.69) is 51.2 Å². The summed E-state index contributed by atoms with van der Waals surface area (Å²) in [5.41, 5.74) is 3.44. The molecule has 0 atom stereocenters. The Hall–Kier alpha value is -2.61. The first kappa shape index (κ1) is 18.7. The average Bonchev–Trinajstić information content (AvgIpc) is 3.17. The molecule has 1 amide bonds. The van der Waals surface area contributed by atoms with Crippen LogP contribution >= 0.6 is 11.8 Å². The van der Waals surface area contributed by atoms with Crippen LogP contribution in [0.3, 0.4) is 0 Å². The Kier molecular flexibility index (Phi) is 5.47. The Morgan fingerprint density at radius 1 is 1.11 bits per heavy atom. The summed E-state index contributed by atoms with van der Waals surface area (Å²) in [5.74, 6) is 3.21. The molecule has 2 aromatic heterocycles. The van der Waals surface area contributed by atoms with Gasteiger partial charge >= 0.3 is 0 Å². The number of aromatic nitrogens is 4. The third-order valence-electron chi connectivity index (χ3n) is 4.93. The molecule has 1 saturated heterocycles. The van der Waals surface area contributed by atoms with E-state index in [0.717, 1.165) is 43.4 Å². The van der Waals surface area contributed by atoms with E-state index in [1.165, 1.54) is 17.5 Å². The molecular weight excluding hydrogens is 372 g/mol. The monoisotopic (exact) mass is 396 g/mol. The lowest BCUT2D eigenvalue weighted by atomic mass is 10.2. The van der Waals surface area contributed by atoms with Crippen molar-refractivity contribution in [3.05, 3.63) is 53.5 Å². The van der Waals surface area contributed by atoms with Crippen LogP contribution in [0.25, 0.3) is 5.78 Å². The van der Waals surface area contributed by atoms with E-state index in [9.17, 15) is 4.79 Å². The molecule has 0 saturated carbocycles. The Bertz CT molecular complexity index is 962. The van der Waals surface area contributed by atoms with Crippen molar-refractivity contribution in [3.63, 3.8) is 0 Å². The van der Waals surface area contributed by atoms with E-state index >= 15 is 0 Å². The average molecular weight is 397 g/mol. The second-order valence-electron chi connectivity index (χ2n) is 7.07. The lowest BCUT2D eigenvalue weighted by Gasteiger charge is -2.36. The zero-order valence-corrected chi connectivity index (χ0v) is 17.0. The van der Waals surface area contributed by atoms with Crippen LogP contribution in [0.2, 0.25) is 0 Å². The molecule has 0 radical (unpaired) electrons.